The lowest BCUT2D eigenvalue weighted by atomic mass is 10.1. The van der Waals surface area contributed by atoms with Crippen LogP contribution in [0.2, 0.25) is 0 Å². The van der Waals surface area contributed by atoms with Crippen LogP contribution in [0.4, 0.5) is 10.1 Å². The van der Waals surface area contributed by atoms with Gasteiger partial charge < -0.3 is 11.1 Å². The quantitative estimate of drug-likeness (QED) is 0.588. The predicted octanol–water partition coefficient (Wildman–Crippen LogP) is 2.45. The van der Waals surface area contributed by atoms with Crippen LogP contribution < -0.4 is 16.4 Å². The molecule has 0 radical (unpaired) electrons. The maximum absolute atomic E-state index is 12.8. The van der Waals surface area contributed by atoms with Crippen molar-refractivity contribution in [3.63, 3.8) is 0 Å². The molecule has 0 aliphatic rings. The summed E-state index contributed by atoms with van der Waals surface area (Å²) < 4.78 is 12.8. The summed E-state index contributed by atoms with van der Waals surface area (Å²) in [6.07, 6.45) is 2.79. The number of hydrogen-bond donors (Lipinski definition) is 3. The lowest BCUT2D eigenvalue weighted by molar-refractivity contribution is -0.115. The summed E-state index contributed by atoms with van der Waals surface area (Å²) in [6.45, 7) is 0. The monoisotopic (exact) mass is 343 g/mol. The normalized spacial score (nSPS) is 10.4. The summed E-state index contributed by atoms with van der Waals surface area (Å²) in [5.74, 6) is -1.42. The van der Waals surface area contributed by atoms with E-state index in [1.54, 1.807) is 36.4 Å². The van der Waals surface area contributed by atoms with Gasteiger partial charge in [-0.25, -0.2) is 4.39 Å². The number of hydrogen-bond acceptors (Lipinski definition) is 3. The third-order valence-corrected chi connectivity index (χ3v) is 3.18. The van der Waals surface area contributed by atoms with Crippen LogP contribution in [0.25, 0.3) is 6.08 Å². The second-order valence-corrected chi connectivity index (χ2v) is 5.15. The van der Waals surface area contributed by atoms with Crippen LogP contribution in [0.3, 0.4) is 0 Å². The van der Waals surface area contributed by atoms with Gasteiger partial charge in [-0.3, -0.25) is 14.9 Å². The maximum atomic E-state index is 12.8. The van der Waals surface area contributed by atoms with Crippen molar-refractivity contribution in [1.29, 1.82) is 0 Å². The Morgan fingerprint density at radius 1 is 1.08 bits per heavy atom. The zero-order valence-corrected chi connectivity index (χ0v) is 13.3. The van der Waals surface area contributed by atoms with E-state index >= 15 is 0 Å². The Morgan fingerprint density at radius 3 is 2.42 bits per heavy atom. The molecule has 4 N–H and O–H groups in total. The highest BCUT2D eigenvalue weighted by Crippen LogP contribution is 2.13. The first-order chi connectivity index (χ1) is 11.5. The molecule has 0 aromatic heterocycles. The van der Waals surface area contributed by atoms with Crippen molar-refractivity contribution in [1.82, 2.24) is 5.32 Å². The van der Waals surface area contributed by atoms with Crippen molar-refractivity contribution in [3.05, 3.63) is 71.6 Å². The molecule has 122 valence electrons. The third-order valence-electron chi connectivity index (χ3n) is 2.97. The zero-order chi connectivity index (χ0) is 17.5. The van der Waals surface area contributed by atoms with Gasteiger partial charge in [0, 0.05) is 6.08 Å². The Hall–Kier alpha value is -3.06. The van der Waals surface area contributed by atoms with Gasteiger partial charge in [0.1, 0.15) is 5.82 Å². The van der Waals surface area contributed by atoms with Crippen molar-refractivity contribution in [3.8, 4) is 0 Å². The number of primary amides is 1. The van der Waals surface area contributed by atoms with E-state index in [-0.39, 0.29) is 16.5 Å². The Labute approximate surface area is 143 Å². The first kappa shape index (κ1) is 17.3. The highest BCUT2D eigenvalue weighted by atomic mass is 32.1. The van der Waals surface area contributed by atoms with E-state index in [0.29, 0.717) is 11.3 Å². The average Bonchev–Trinajstić information content (AvgIpc) is 2.54. The van der Waals surface area contributed by atoms with Gasteiger partial charge in [-0.15, -0.1) is 0 Å². The topological polar surface area (TPSA) is 84.2 Å². The first-order valence-corrected chi connectivity index (χ1v) is 7.31. The third kappa shape index (κ3) is 4.99. The second-order valence-electron chi connectivity index (χ2n) is 4.74. The highest BCUT2D eigenvalue weighted by Gasteiger charge is 2.09. The van der Waals surface area contributed by atoms with E-state index in [0.717, 1.165) is 0 Å². The van der Waals surface area contributed by atoms with Gasteiger partial charge in [-0.1, -0.05) is 24.3 Å². The molecule has 2 rings (SSSR count). The minimum atomic E-state index is -0.608. The molecule has 0 atom stereocenters. The summed E-state index contributed by atoms with van der Waals surface area (Å²) in [4.78, 5) is 23.1. The number of nitrogens with two attached hydrogens (primary N) is 1. The number of halogens is 1. The standard InChI is InChI=1S/C17H14FN3O2S/c18-12-8-5-11(6-9-12)7-10-15(22)21-17(24)20-14-4-2-1-3-13(14)16(19)23/h1-10H,(H2,19,23)(H2,20,21,22,24). The molecular formula is C17H14FN3O2S. The molecule has 0 saturated heterocycles. The van der Waals surface area contributed by atoms with E-state index in [1.165, 1.54) is 24.3 Å². The predicted molar refractivity (Wildman–Crippen MR) is 94.8 cm³/mol. The molecule has 2 aromatic carbocycles. The lowest BCUT2D eigenvalue weighted by Crippen LogP contribution is -2.33. The molecular weight excluding hydrogens is 329 g/mol. The second kappa shape index (κ2) is 7.98. The molecule has 0 unspecified atom stereocenters. The lowest BCUT2D eigenvalue weighted by Gasteiger charge is -2.10. The molecule has 0 aliphatic heterocycles. The van der Waals surface area contributed by atoms with Crippen LogP contribution in [0.5, 0.6) is 0 Å². The molecule has 0 saturated carbocycles. The number of benzene rings is 2. The summed E-state index contributed by atoms with van der Waals surface area (Å²) in [5.41, 5.74) is 6.60. The molecule has 0 aliphatic carbocycles. The van der Waals surface area contributed by atoms with E-state index in [2.05, 4.69) is 10.6 Å². The molecule has 0 spiro atoms. The van der Waals surface area contributed by atoms with E-state index in [9.17, 15) is 14.0 Å². The smallest absolute Gasteiger partial charge is 0.250 e. The maximum Gasteiger partial charge on any atom is 0.250 e. The van der Waals surface area contributed by atoms with E-state index < -0.39 is 11.8 Å². The molecule has 0 heterocycles. The number of nitrogens with one attached hydrogen (secondary N) is 2. The van der Waals surface area contributed by atoms with Crippen LogP contribution in [0.1, 0.15) is 15.9 Å². The van der Waals surface area contributed by atoms with E-state index in [1.807, 2.05) is 0 Å². The van der Waals surface area contributed by atoms with E-state index in [4.69, 9.17) is 18.0 Å². The number of carbonyl (C=O) groups is 2. The van der Waals surface area contributed by atoms with Crippen molar-refractivity contribution >= 4 is 40.9 Å². The van der Waals surface area contributed by atoms with Gasteiger partial charge in [-0.2, -0.15) is 0 Å². The number of amides is 2. The number of para-hydroxylation sites is 1. The number of carbonyl (C=O) groups excluding carboxylic acids is 2. The van der Waals surface area contributed by atoms with Crippen molar-refractivity contribution in [2.75, 3.05) is 5.32 Å². The van der Waals surface area contributed by atoms with Crippen LogP contribution >= 0.6 is 12.2 Å². The van der Waals surface area contributed by atoms with Gasteiger partial charge in [-0.05, 0) is 48.1 Å². The number of rotatable bonds is 4. The van der Waals surface area contributed by atoms with Crippen LogP contribution in [-0.2, 0) is 4.79 Å². The Balaban J connectivity index is 1.96. The fourth-order valence-corrected chi connectivity index (χ4v) is 2.07. The Morgan fingerprint density at radius 2 is 1.75 bits per heavy atom. The summed E-state index contributed by atoms with van der Waals surface area (Å²) in [7, 11) is 0. The summed E-state index contributed by atoms with van der Waals surface area (Å²) in [6, 6.07) is 12.2. The molecule has 2 aromatic rings. The molecule has 24 heavy (non-hydrogen) atoms. The average molecular weight is 343 g/mol. The summed E-state index contributed by atoms with van der Waals surface area (Å²) >= 11 is 5.03. The molecule has 5 nitrogen and oxygen atoms in total. The van der Waals surface area contributed by atoms with Gasteiger partial charge in [0.15, 0.2) is 5.11 Å². The summed E-state index contributed by atoms with van der Waals surface area (Å²) in [5, 5.41) is 5.21. The van der Waals surface area contributed by atoms with Crippen LogP contribution in [0, 0.1) is 5.82 Å². The molecule has 7 heteroatoms. The van der Waals surface area contributed by atoms with Crippen molar-refractivity contribution in [2.45, 2.75) is 0 Å². The minimum absolute atomic E-state index is 0.0254. The SMILES string of the molecule is NC(=O)c1ccccc1NC(=S)NC(=O)C=Cc1ccc(F)cc1. The van der Waals surface area contributed by atoms with Crippen molar-refractivity contribution in [2.24, 2.45) is 5.73 Å². The van der Waals surface area contributed by atoms with Crippen molar-refractivity contribution < 1.29 is 14.0 Å². The minimum Gasteiger partial charge on any atom is -0.366 e. The molecule has 0 fully saturated rings. The molecule has 0 bridgehead atoms. The first-order valence-electron chi connectivity index (χ1n) is 6.90. The van der Waals surface area contributed by atoms with Gasteiger partial charge in [0.2, 0.25) is 5.91 Å². The van der Waals surface area contributed by atoms with Gasteiger partial charge >= 0.3 is 0 Å². The van der Waals surface area contributed by atoms with Crippen LogP contribution in [0.15, 0.2) is 54.6 Å². The Bertz CT molecular complexity index is 804. The fourth-order valence-electron chi connectivity index (χ4n) is 1.86. The van der Waals surface area contributed by atoms with Crippen LogP contribution in [-0.4, -0.2) is 16.9 Å². The zero-order valence-electron chi connectivity index (χ0n) is 12.5. The highest BCUT2D eigenvalue weighted by molar-refractivity contribution is 7.80. The number of anilines is 1. The van der Waals surface area contributed by atoms with Gasteiger partial charge in [0.25, 0.3) is 5.91 Å². The largest absolute Gasteiger partial charge is 0.366 e. The van der Waals surface area contributed by atoms with Gasteiger partial charge in [0.05, 0.1) is 11.3 Å². The molecule has 2 amide bonds. The fraction of sp³-hybridized carbons (Fsp3) is 0. The Kier molecular flexibility index (Phi) is 5.75. The number of thiocarbonyl (C=S) groups is 1.